The van der Waals surface area contributed by atoms with Gasteiger partial charge in [-0.25, -0.2) is 9.86 Å². The molecule has 1 fully saturated rings. The van der Waals surface area contributed by atoms with Crippen LogP contribution in [-0.2, 0) is 14.4 Å². The molecule has 5 nitrogen and oxygen atoms in total. The fourth-order valence-corrected chi connectivity index (χ4v) is 2.45. The Hall–Kier alpha value is -1.88. The molecular formula is C15H19NO4. The molecule has 0 bridgehead atoms. The first-order chi connectivity index (χ1) is 9.66. The fraction of sp³-hybridized carbons (Fsp3) is 0.467. The Balaban J connectivity index is 2.15. The second-order valence-electron chi connectivity index (χ2n) is 5.01. The first-order valence-electron chi connectivity index (χ1n) is 6.82. The first-order valence-corrected chi connectivity index (χ1v) is 6.82. The van der Waals surface area contributed by atoms with Crippen LogP contribution in [0.2, 0.25) is 0 Å². The van der Waals surface area contributed by atoms with Gasteiger partial charge in [-0.1, -0.05) is 43.7 Å². The summed E-state index contributed by atoms with van der Waals surface area (Å²) in [6.07, 6.45) is 2.58. The Labute approximate surface area is 118 Å². The van der Waals surface area contributed by atoms with Crippen molar-refractivity contribution in [2.24, 2.45) is 0 Å². The lowest BCUT2D eigenvalue weighted by molar-refractivity contribution is -0.202. The maximum atomic E-state index is 11.6. The SMILES string of the molecule is CCCCON(C=O)C1(C(=O)O)CC1c1ccccc1. The van der Waals surface area contributed by atoms with Crippen molar-refractivity contribution in [2.75, 3.05) is 6.61 Å². The standard InChI is InChI=1S/C15H19NO4/c1-2-3-9-20-16(11-17)15(14(18)19)10-13(15)12-7-5-4-6-8-12/h4-8,11,13H,2-3,9-10H2,1H3,(H,18,19). The van der Waals surface area contributed by atoms with E-state index in [2.05, 4.69) is 0 Å². The Bertz CT molecular complexity index is 476. The number of hydrogen-bond acceptors (Lipinski definition) is 3. The van der Waals surface area contributed by atoms with E-state index in [0.717, 1.165) is 23.5 Å². The van der Waals surface area contributed by atoms with Crippen LogP contribution in [0.1, 0.15) is 37.7 Å². The van der Waals surface area contributed by atoms with Crippen molar-refractivity contribution in [2.45, 2.75) is 37.6 Å². The molecule has 0 saturated heterocycles. The molecule has 2 unspecified atom stereocenters. The number of rotatable bonds is 8. The third-order valence-corrected chi connectivity index (χ3v) is 3.72. The van der Waals surface area contributed by atoms with Gasteiger partial charge in [-0.05, 0) is 18.4 Å². The Morgan fingerprint density at radius 3 is 2.75 bits per heavy atom. The number of amides is 1. The molecule has 1 aliphatic carbocycles. The number of benzene rings is 1. The molecule has 108 valence electrons. The molecule has 1 aliphatic rings. The van der Waals surface area contributed by atoms with E-state index in [4.69, 9.17) is 4.84 Å². The van der Waals surface area contributed by atoms with Gasteiger partial charge in [0.15, 0.2) is 5.54 Å². The van der Waals surface area contributed by atoms with Crippen LogP contribution in [0, 0.1) is 0 Å². The van der Waals surface area contributed by atoms with Crippen LogP contribution in [-0.4, -0.2) is 34.7 Å². The summed E-state index contributed by atoms with van der Waals surface area (Å²) in [4.78, 5) is 28.2. The number of carboxylic acids is 1. The van der Waals surface area contributed by atoms with E-state index < -0.39 is 11.5 Å². The summed E-state index contributed by atoms with van der Waals surface area (Å²) in [5.41, 5.74) is -0.336. The van der Waals surface area contributed by atoms with E-state index in [0.29, 0.717) is 19.4 Å². The number of carboxylic acid groups (broad SMARTS) is 1. The third-order valence-electron chi connectivity index (χ3n) is 3.72. The van der Waals surface area contributed by atoms with E-state index in [1.54, 1.807) is 0 Å². The summed E-state index contributed by atoms with van der Waals surface area (Å²) in [6, 6.07) is 9.37. The van der Waals surface area contributed by atoms with Gasteiger partial charge in [-0.15, -0.1) is 0 Å². The largest absolute Gasteiger partial charge is 0.479 e. The van der Waals surface area contributed by atoms with E-state index in [1.165, 1.54) is 0 Å². The van der Waals surface area contributed by atoms with Gasteiger partial charge < -0.3 is 5.11 Å². The highest BCUT2D eigenvalue weighted by Crippen LogP contribution is 2.55. The van der Waals surface area contributed by atoms with Gasteiger partial charge >= 0.3 is 5.97 Å². The predicted octanol–water partition coefficient (Wildman–Crippen LogP) is 2.19. The molecule has 5 heteroatoms. The summed E-state index contributed by atoms with van der Waals surface area (Å²) in [6.45, 7) is 2.36. The van der Waals surface area contributed by atoms with Crippen LogP contribution >= 0.6 is 0 Å². The highest BCUT2D eigenvalue weighted by molar-refractivity contribution is 5.87. The van der Waals surface area contributed by atoms with Crippen LogP contribution in [0.25, 0.3) is 0 Å². The topological polar surface area (TPSA) is 66.8 Å². The van der Waals surface area contributed by atoms with Crippen LogP contribution in [0.3, 0.4) is 0 Å². The monoisotopic (exact) mass is 277 g/mol. The Kier molecular flexibility index (Phi) is 4.39. The predicted molar refractivity (Wildman–Crippen MR) is 72.9 cm³/mol. The maximum Gasteiger partial charge on any atom is 0.332 e. The molecule has 20 heavy (non-hydrogen) atoms. The number of nitrogens with zero attached hydrogens (tertiary/aromatic N) is 1. The molecule has 1 saturated carbocycles. The van der Waals surface area contributed by atoms with Gasteiger partial charge in [0, 0.05) is 5.92 Å². The minimum Gasteiger partial charge on any atom is -0.479 e. The smallest absolute Gasteiger partial charge is 0.332 e. The molecule has 1 aromatic carbocycles. The zero-order valence-corrected chi connectivity index (χ0v) is 11.5. The average Bonchev–Trinajstić information content (AvgIpc) is 3.21. The van der Waals surface area contributed by atoms with Crippen molar-refractivity contribution in [3.05, 3.63) is 35.9 Å². The van der Waals surface area contributed by atoms with Crippen molar-refractivity contribution < 1.29 is 19.5 Å². The van der Waals surface area contributed by atoms with Crippen LogP contribution in [0.15, 0.2) is 30.3 Å². The van der Waals surface area contributed by atoms with Gasteiger partial charge in [0.05, 0.1) is 6.61 Å². The Morgan fingerprint density at radius 2 is 2.20 bits per heavy atom. The van der Waals surface area contributed by atoms with Gasteiger partial charge in [0.2, 0.25) is 6.41 Å². The third kappa shape index (κ3) is 2.54. The lowest BCUT2D eigenvalue weighted by atomic mass is 10.1. The number of carbonyl (C=O) groups is 2. The van der Waals surface area contributed by atoms with Crippen molar-refractivity contribution in [1.82, 2.24) is 5.06 Å². The molecule has 1 amide bonds. The molecular weight excluding hydrogens is 258 g/mol. The van der Waals surface area contributed by atoms with E-state index in [1.807, 2.05) is 37.3 Å². The highest BCUT2D eigenvalue weighted by Gasteiger charge is 2.66. The second-order valence-corrected chi connectivity index (χ2v) is 5.01. The summed E-state index contributed by atoms with van der Waals surface area (Å²) < 4.78 is 0. The molecule has 0 spiro atoms. The van der Waals surface area contributed by atoms with Crippen molar-refractivity contribution >= 4 is 12.4 Å². The second kappa shape index (κ2) is 6.05. The van der Waals surface area contributed by atoms with E-state index >= 15 is 0 Å². The van der Waals surface area contributed by atoms with Crippen LogP contribution < -0.4 is 0 Å². The molecule has 1 aromatic rings. The lowest BCUT2D eigenvalue weighted by Gasteiger charge is -2.25. The van der Waals surface area contributed by atoms with Crippen molar-refractivity contribution in [3.8, 4) is 0 Å². The first kappa shape index (κ1) is 14.5. The van der Waals surface area contributed by atoms with Gasteiger partial charge in [-0.2, -0.15) is 0 Å². The molecule has 0 aliphatic heterocycles. The number of carbonyl (C=O) groups excluding carboxylic acids is 1. The van der Waals surface area contributed by atoms with Crippen LogP contribution in [0.4, 0.5) is 0 Å². The molecule has 1 N–H and O–H groups in total. The summed E-state index contributed by atoms with van der Waals surface area (Å²) in [7, 11) is 0. The van der Waals surface area contributed by atoms with Crippen LogP contribution in [0.5, 0.6) is 0 Å². The Morgan fingerprint density at radius 1 is 1.50 bits per heavy atom. The maximum absolute atomic E-state index is 11.6. The normalized spacial score (nSPS) is 24.1. The number of hydrogen-bond donors (Lipinski definition) is 1. The van der Waals surface area contributed by atoms with Gasteiger partial charge in [0.25, 0.3) is 0 Å². The number of aliphatic carboxylic acids is 1. The fourth-order valence-electron chi connectivity index (χ4n) is 2.45. The highest BCUT2D eigenvalue weighted by atomic mass is 16.7. The zero-order valence-electron chi connectivity index (χ0n) is 11.5. The minimum atomic E-state index is -1.25. The van der Waals surface area contributed by atoms with Gasteiger partial charge in [0.1, 0.15) is 0 Å². The van der Waals surface area contributed by atoms with E-state index in [-0.39, 0.29) is 5.92 Å². The molecule has 0 aromatic heterocycles. The number of hydroxylamine groups is 2. The lowest BCUT2D eigenvalue weighted by Crippen LogP contribution is -2.44. The summed E-state index contributed by atoms with van der Waals surface area (Å²) in [5, 5.41) is 10.5. The quantitative estimate of drug-likeness (QED) is 0.449. The molecule has 0 heterocycles. The molecule has 0 radical (unpaired) electrons. The zero-order chi connectivity index (χ0) is 14.6. The minimum absolute atomic E-state index is 0.215. The molecule has 2 atom stereocenters. The number of unbranched alkanes of at least 4 members (excludes halogenated alkanes) is 1. The summed E-state index contributed by atoms with van der Waals surface area (Å²) in [5.74, 6) is -1.23. The summed E-state index contributed by atoms with van der Waals surface area (Å²) >= 11 is 0. The van der Waals surface area contributed by atoms with Gasteiger partial charge in [-0.3, -0.25) is 9.63 Å². The van der Waals surface area contributed by atoms with Crippen molar-refractivity contribution in [1.29, 1.82) is 0 Å². The molecule has 2 rings (SSSR count). The van der Waals surface area contributed by atoms with E-state index in [9.17, 15) is 14.7 Å². The van der Waals surface area contributed by atoms with Crippen molar-refractivity contribution in [3.63, 3.8) is 0 Å². The average molecular weight is 277 g/mol.